The number of rotatable bonds is 0. The van der Waals surface area contributed by atoms with E-state index in [9.17, 15) is 0 Å². The fourth-order valence-corrected chi connectivity index (χ4v) is 0. The van der Waals surface area contributed by atoms with Gasteiger partial charge < -0.3 is 0 Å². The molecule has 0 heterocycles. The van der Waals surface area contributed by atoms with E-state index in [0.717, 1.165) is 0 Å². The van der Waals surface area contributed by atoms with Crippen LogP contribution in [0.3, 0.4) is 0 Å². The van der Waals surface area contributed by atoms with Crippen LogP contribution < -0.4 is 22.4 Å². The molecule has 5 nitrogen and oxygen atoms in total. The zero-order chi connectivity index (χ0) is 7.38. The number of nitrogens with two attached hydrogens (primary N) is 5. The van der Waals surface area contributed by atoms with E-state index in [2.05, 4.69) is 0 Å². The second kappa shape index (κ2) is 0.811. The third-order valence-electron chi connectivity index (χ3n) is 0. The van der Waals surface area contributed by atoms with Gasteiger partial charge >= 0.3 is 52.2 Å². The first-order chi connectivity index (χ1) is 2.65. The molecule has 0 aromatic rings. The van der Waals surface area contributed by atoms with Crippen LogP contribution in [0.1, 0.15) is 0 Å². The van der Waals surface area contributed by atoms with Crippen LogP contribution in [0.5, 0.6) is 0 Å². The van der Waals surface area contributed by atoms with Crippen LogP contribution in [0.4, 0.5) is 0 Å². The molecule has 0 spiro atoms. The van der Waals surface area contributed by atoms with Gasteiger partial charge in [-0.2, -0.15) is 0 Å². The minimum atomic E-state index is -6.16. The van der Waals surface area contributed by atoms with Crippen LogP contribution >= 0.6 is 19.4 Å². The Hall–Kier alpha value is 1.00. The first-order valence-electron chi connectivity index (χ1n) is 1.29. The van der Waals surface area contributed by atoms with Crippen LogP contribution in [0.2, 0.25) is 0 Å². The molecule has 0 atom stereocenters. The molecule has 0 unspecified atom stereocenters. The van der Waals surface area contributed by atoms with Crippen LogP contribution in [0.15, 0.2) is 0 Å². The van der Waals surface area contributed by atoms with Gasteiger partial charge in [0, 0.05) is 0 Å². The summed E-state index contributed by atoms with van der Waals surface area (Å²) in [7, 11) is 4.08. The van der Waals surface area contributed by atoms with Crippen molar-refractivity contribution in [3.63, 3.8) is 0 Å². The van der Waals surface area contributed by atoms with E-state index in [1.807, 2.05) is 0 Å². The first-order valence-corrected chi connectivity index (χ1v) is 10.8. The van der Waals surface area contributed by atoms with Gasteiger partial charge in [-0.3, -0.25) is 0 Å². The van der Waals surface area contributed by atoms with E-state index >= 15 is 0 Å². The van der Waals surface area contributed by atoms with E-state index in [-0.39, 0.29) is 0 Å². The Kier molecular flexibility index (Phi) is 0.912. The molecule has 57 valence electrons. The molecular weight excluding hydrogens is 242 g/mol. The molecule has 0 aliphatic rings. The van der Waals surface area contributed by atoms with Crippen molar-refractivity contribution in [1.82, 2.24) is 0 Å². The Balaban J connectivity index is 5.14. The summed E-state index contributed by atoms with van der Waals surface area (Å²) in [6.45, 7) is 0. The van der Waals surface area contributed by atoms with Crippen molar-refractivity contribution in [2.45, 2.75) is 0 Å². The summed E-state index contributed by atoms with van der Waals surface area (Å²) < 4.78 is 24.5. The maximum atomic E-state index is 5.12. The number of hydrogen-bond acceptors (Lipinski definition) is 5. The van der Waals surface area contributed by atoms with Gasteiger partial charge in [-0.15, -0.1) is 0 Å². The van der Waals surface area contributed by atoms with Gasteiger partial charge in [0.15, 0.2) is 0 Å². The topological polar surface area (TPSA) is 130 Å². The Morgan fingerprint density at radius 2 is 0.750 bits per heavy atom. The van der Waals surface area contributed by atoms with E-state index in [0.29, 0.717) is 0 Å². The summed E-state index contributed by atoms with van der Waals surface area (Å²) in [5.74, 6) is 0. The fourth-order valence-electron chi connectivity index (χ4n) is 0. The fraction of sp³-hybridized carbons (Fsp3) is 0. The number of hydrogen-bond donors (Lipinski definition) is 5. The number of halogens is 2. The van der Waals surface area contributed by atoms with Gasteiger partial charge in [0.2, 0.25) is 0 Å². The van der Waals surface area contributed by atoms with E-state index in [1.165, 1.54) is 0 Å². The molecule has 10 N–H and O–H groups in total. The maximum absolute atomic E-state index is 6.16. The van der Waals surface area contributed by atoms with Gasteiger partial charge in [-0.25, -0.2) is 0 Å². The van der Waals surface area contributed by atoms with E-state index in [1.54, 1.807) is 0 Å². The molecule has 0 aromatic heterocycles. The van der Waals surface area contributed by atoms with Crippen molar-refractivity contribution in [2.75, 3.05) is 0 Å². The van der Waals surface area contributed by atoms with Crippen molar-refractivity contribution in [3.8, 4) is 0 Å². The van der Waals surface area contributed by atoms with Crippen LogP contribution in [-0.2, 0) is 10.5 Å². The van der Waals surface area contributed by atoms with Crippen LogP contribution in [-0.4, -0.2) is 0 Å². The summed E-state index contributed by atoms with van der Waals surface area (Å²) in [6.07, 6.45) is 0. The Bertz CT molecular complexity index is 103. The molecule has 0 aromatic carbocycles. The minimum absolute atomic E-state index is 4.89. The Labute approximate surface area is 52.4 Å². The Morgan fingerprint density at radius 3 is 0.750 bits per heavy atom. The molecule has 0 rings (SSSR count). The third kappa shape index (κ3) is 251. The van der Waals surface area contributed by atoms with Crippen molar-refractivity contribution in [1.29, 1.82) is 0 Å². The van der Waals surface area contributed by atoms with Crippen molar-refractivity contribution in [3.05, 3.63) is 0 Å². The molecule has 0 fully saturated rings. The molecule has 0 saturated heterocycles. The van der Waals surface area contributed by atoms with Crippen LogP contribution in [0, 0.1) is 0 Å². The summed E-state index contributed by atoms with van der Waals surface area (Å²) >= 11 is 0. The second-order valence-corrected chi connectivity index (χ2v) is 23.4. The summed E-state index contributed by atoms with van der Waals surface area (Å²) in [4.78, 5) is 0. The van der Waals surface area contributed by atoms with E-state index in [4.69, 9.17) is 41.8 Å². The van der Waals surface area contributed by atoms with E-state index < -0.39 is 10.5 Å². The van der Waals surface area contributed by atoms with Gasteiger partial charge in [0.25, 0.3) is 0 Å². The second-order valence-electron chi connectivity index (χ2n) is 2.00. The first kappa shape index (κ1) is 9.00. The zero-order valence-corrected chi connectivity index (χ0v) is 7.25. The third-order valence-corrected chi connectivity index (χ3v) is 0. The normalized spacial score (nSPS) is 27.1. The van der Waals surface area contributed by atoms with Crippen molar-refractivity contribution < 1.29 is 10.5 Å². The summed E-state index contributed by atoms with van der Waals surface area (Å²) in [5, 5.41) is 0. The van der Waals surface area contributed by atoms with Gasteiger partial charge in [0.1, 0.15) is 0 Å². The Morgan fingerprint density at radius 1 is 0.750 bits per heavy atom. The molecule has 0 bridgehead atoms. The molecule has 0 saturated carbocycles. The molecule has 8 heteroatoms. The van der Waals surface area contributed by atoms with Gasteiger partial charge in [0.05, 0.1) is 0 Å². The predicted octanol–water partition coefficient (Wildman–Crippen LogP) is -1.58. The zero-order valence-electron chi connectivity index (χ0n) is 4.00. The average molecular weight is 252 g/mol. The SMILES string of the molecule is [NH2][Ru]([NH2])([NH2])([NH2])([NH2])([Cl])[Cl]. The van der Waals surface area contributed by atoms with Crippen molar-refractivity contribution in [2.24, 2.45) is 22.4 Å². The van der Waals surface area contributed by atoms with Crippen LogP contribution in [0.25, 0.3) is 0 Å². The summed E-state index contributed by atoms with van der Waals surface area (Å²) in [5.41, 5.74) is 0. The molecule has 0 radical (unpaired) electrons. The molecule has 0 aliphatic carbocycles. The molecule has 8 heavy (non-hydrogen) atoms. The molecular formula is H10Cl2N5Ru. The monoisotopic (exact) mass is 252 g/mol. The van der Waals surface area contributed by atoms with Crippen molar-refractivity contribution >= 4 is 19.4 Å². The predicted molar refractivity (Wildman–Crippen MR) is 32.6 cm³/mol. The standard InChI is InChI=1S/2ClH.5H2N.Ru/h2*1H;5*1H2;/q;;5*-1;+7/p-2. The van der Waals surface area contributed by atoms with Gasteiger partial charge in [-0.1, -0.05) is 0 Å². The van der Waals surface area contributed by atoms with Gasteiger partial charge in [-0.05, 0) is 0 Å². The summed E-state index contributed by atoms with van der Waals surface area (Å²) in [6, 6.07) is 0. The molecule has 0 amide bonds. The molecule has 0 aliphatic heterocycles. The average Bonchev–Trinajstić information content (AvgIpc) is 0.544. The quantitative estimate of drug-likeness (QED) is 0.332.